The third-order valence-electron chi connectivity index (χ3n) is 5.13. The van der Waals surface area contributed by atoms with Gasteiger partial charge in [0.1, 0.15) is 0 Å². The van der Waals surface area contributed by atoms with Crippen molar-refractivity contribution in [2.45, 2.75) is 63.5 Å². The molecule has 0 radical (unpaired) electrons. The largest absolute Gasteiger partial charge is 0.353 e. The Kier molecular flexibility index (Phi) is 4.59. The summed E-state index contributed by atoms with van der Waals surface area (Å²) >= 11 is 0. The maximum atomic E-state index is 12.3. The van der Waals surface area contributed by atoms with Crippen molar-refractivity contribution in [1.82, 2.24) is 5.32 Å². The van der Waals surface area contributed by atoms with Crippen LogP contribution in [-0.4, -0.2) is 18.0 Å². The summed E-state index contributed by atoms with van der Waals surface area (Å²) in [6.07, 6.45) is 8.35. The van der Waals surface area contributed by atoms with Gasteiger partial charge in [0.2, 0.25) is 5.91 Å². The number of carbonyl (C=O) groups is 1. The van der Waals surface area contributed by atoms with Crippen LogP contribution >= 0.6 is 0 Å². The van der Waals surface area contributed by atoms with Gasteiger partial charge in [-0.05, 0) is 49.1 Å². The van der Waals surface area contributed by atoms with Crippen LogP contribution in [0.25, 0.3) is 0 Å². The lowest BCUT2D eigenvalue weighted by Crippen LogP contribution is -2.42. The monoisotopic (exact) mass is 286 g/mol. The van der Waals surface area contributed by atoms with E-state index in [4.69, 9.17) is 5.73 Å². The molecule has 3 N–H and O–H groups in total. The second-order valence-electron chi connectivity index (χ2n) is 6.69. The van der Waals surface area contributed by atoms with E-state index in [-0.39, 0.29) is 11.9 Å². The van der Waals surface area contributed by atoms with Crippen LogP contribution in [0.15, 0.2) is 24.3 Å². The highest BCUT2D eigenvalue weighted by Crippen LogP contribution is 2.26. The van der Waals surface area contributed by atoms with Gasteiger partial charge in [0.25, 0.3) is 0 Å². The Morgan fingerprint density at radius 2 is 1.90 bits per heavy atom. The lowest BCUT2D eigenvalue weighted by molar-refractivity contribution is -0.123. The number of amides is 1. The summed E-state index contributed by atoms with van der Waals surface area (Å²) in [6.45, 7) is 0. The summed E-state index contributed by atoms with van der Waals surface area (Å²) < 4.78 is 0. The molecule has 2 aliphatic carbocycles. The lowest BCUT2D eigenvalue weighted by atomic mass is 9.82. The Balaban J connectivity index is 1.52. The van der Waals surface area contributed by atoms with E-state index in [1.165, 1.54) is 24.0 Å². The van der Waals surface area contributed by atoms with E-state index in [9.17, 15) is 4.79 Å². The van der Waals surface area contributed by atoms with E-state index < -0.39 is 0 Å². The van der Waals surface area contributed by atoms with Gasteiger partial charge in [-0.3, -0.25) is 4.79 Å². The maximum absolute atomic E-state index is 12.3. The Morgan fingerprint density at radius 1 is 1.14 bits per heavy atom. The minimum atomic E-state index is 0.196. The molecule has 1 aromatic carbocycles. The van der Waals surface area contributed by atoms with Crippen molar-refractivity contribution in [3.8, 4) is 0 Å². The molecule has 3 unspecified atom stereocenters. The van der Waals surface area contributed by atoms with Crippen LogP contribution in [-0.2, 0) is 17.6 Å². The number of fused-ring (bicyclic) bond motifs is 1. The minimum absolute atomic E-state index is 0.196. The highest BCUT2D eigenvalue weighted by atomic mass is 16.1. The topological polar surface area (TPSA) is 55.1 Å². The molecule has 0 aliphatic heterocycles. The molecule has 21 heavy (non-hydrogen) atoms. The number of rotatable bonds is 3. The molecule has 1 aromatic rings. The van der Waals surface area contributed by atoms with Gasteiger partial charge in [0.05, 0.1) is 0 Å². The van der Waals surface area contributed by atoms with Crippen LogP contribution in [0.4, 0.5) is 0 Å². The molecule has 0 spiro atoms. The van der Waals surface area contributed by atoms with Gasteiger partial charge in [0, 0.05) is 18.5 Å². The van der Waals surface area contributed by atoms with Crippen molar-refractivity contribution in [2.75, 3.05) is 0 Å². The van der Waals surface area contributed by atoms with Crippen LogP contribution in [0.3, 0.4) is 0 Å². The van der Waals surface area contributed by atoms with Crippen LogP contribution in [0.1, 0.15) is 49.7 Å². The Morgan fingerprint density at radius 3 is 2.71 bits per heavy atom. The first kappa shape index (κ1) is 14.6. The third kappa shape index (κ3) is 3.65. The zero-order valence-corrected chi connectivity index (χ0v) is 12.7. The standard InChI is InChI=1S/C18H26N2O/c19-17-8-4-3-7-15(17)12-18(21)20-16-10-9-13-5-1-2-6-14(13)11-16/h1-2,5-6,15-17H,3-4,7-12,19H2,(H,20,21). The van der Waals surface area contributed by atoms with E-state index in [1.54, 1.807) is 0 Å². The molecule has 3 nitrogen and oxygen atoms in total. The fraction of sp³-hybridized carbons (Fsp3) is 0.611. The summed E-state index contributed by atoms with van der Waals surface area (Å²) in [7, 11) is 0. The average Bonchev–Trinajstić information content (AvgIpc) is 2.49. The van der Waals surface area contributed by atoms with Crippen LogP contribution < -0.4 is 11.1 Å². The van der Waals surface area contributed by atoms with Crippen molar-refractivity contribution in [2.24, 2.45) is 11.7 Å². The predicted octanol–water partition coefficient (Wildman–Crippen LogP) is 2.57. The molecule has 0 bridgehead atoms. The van der Waals surface area contributed by atoms with Gasteiger partial charge in [-0.1, -0.05) is 37.1 Å². The molecule has 0 saturated heterocycles. The Bertz CT molecular complexity index is 500. The molecule has 3 rings (SSSR count). The summed E-state index contributed by atoms with van der Waals surface area (Å²) in [5, 5.41) is 3.23. The molecular formula is C18H26N2O. The molecule has 0 aromatic heterocycles. The molecule has 1 fully saturated rings. The van der Waals surface area contributed by atoms with Gasteiger partial charge in [-0.25, -0.2) is 0 Å². The lowest BCUT2D eigenvalue weighted by Gasteiger charge is -2.30. The molecule has 1 amide bonds. The number of benzene rings is 1. The second-order valence-corrected chi connectivity index (χ2v) is 6.69. The molecular weight excluding hydrogens is 260 g/mol. The zero-order chi connectivity index (χ0) is 14.7. The molecule has 1 saturated carbocycles. The molecule has 114 valence electrons. The summed E-state index contributed by atoms with van der Waals surface area (Å²) in [6, 6.07) is 9.09. The van der Waals surface area contributed by atoms with Crippen LogP contribution in [0, 0.1) is 5.92 Å². The van der Waals surface area contributed by atoms with E-state index >= 15 is 0 Å². The van der Waals surface area contributed by atoms with Gasteiger partial charge < -0.3 is 11.1 Å². The van der Waals surface area contributed by atoms with Gasteiger partial charge in [-0.15, -0.1) is 0 Å². The highest BCUT2D eigenvalue weighted by Gasteiger charge is 2.26. The number of hydrogen-bond donors (Lipinski definition) is 2. The number of carbonyl (C=O) groups excluding carboxylic acids is 1. The minimum Gasteiger partial charge on any atom is -0.353 e. The SMILES string of the molecule is NC1CCCCC1CC(=O)NC1CCc2ccccc2C1. The zero-order valence-electron chi connectivity index (χ0n) is 12.7. The van der Waals surface area contributed by atoms with Crippen molar-refractivity contribution in [3.63, 3.8) is 0 Å². The highest BCUT2D eigenvalue weighted by molar-refractivity contribution is 5.76. The Hall–Kier alpha value is -1.35. The number of nitrogens with one attached hydrogen (secondary N) is 1. The first-order chi connectivity index (χ1) is 10.2. The van der Waals surface area contributed by atoms with E-state index in [0.717, 1.165) is 32.1 Å². The first-order valence-electron chi connectivity index (χ1n) is 8.34. The van der Waals surface area contributed by atoms with Crippen LogP contribution in [0.5, 0.6) is 0 Å². The van der Waals surface area contributed by atoms with Crippen molar-refractivity contribution >= 4 is 5.91 Å². The molecule has 2 aliphatic rings. The first-order valence-corrected chi connectivity index (χ1v) is 8.34. The molecule has 0 heterocycles. The second kappa shape index (κ2) is 6.61. The quantitative estimate of drug-likeness (QED) is 0.897. The molecule has 3 heteroatoms. The summed E-state index contributed by atoms with van der Waals surface area (Å²) in [4.78, 5) is 12.3. The van der Waals surface area contributed by atoms with Gasteiger partial charge >= 0.3 is 0 Å². The van der Waals surface area contributed by atoms with Crippen molar-refractivity contribution in [1.29, 1.82) is 0 Å². The Labute approximate surface area is 127 Å². The number of hydrogen-bond acceptors (Lipinski definition) is 2. The van der Waals surface area contributed by atoms with Crippen molar-refractivity contribution < 1.29 is 4.79 Å². The average molecular weight is 286 g/mol. The fourth-order valence-electron chi connectivity index (χ4n) is 3.84. The van der Waals surface area contributed by atoms with Gasteiger partial charge in [-0.2, -0.15) is 0 Å². The maximum Gasteiger partial charge on any atom is 0.220 e. The summed E-state index contributed by atoms with van der Waals surface area (Å²) in [5.41, 5.74) is 8.98. The van der Waals surface area contributed by atoms with E-state index in [1.807, 2.05) is 0 Å². The van der Waals surface area contributed by atoms with Gasteiger partial charge in [0.15, 0.2) is 0 Å². The van der Waals surface area contributed by atoms with Crippen molar-refractivity contribution in [3.05, 3.63) is 35.4 Å². The fourth-order valence-corrected chi connectivity index (χ4v) is 3.84. The van der Waals surface area contributed by atoms with E-state index in [2.05, 4.69) is 29.6 Å². The van der Waals surface area contributed by atoms with E-state index in [0.29, 0.717) is 18.4 Å². The number of aryl methyl sites for hydroxylation is 1. The third-order valence-corrected chi connectivity index (χ3v) is 5.13. The summed E-state index contributed by atoms with van der Waals surface area (Å²) in [5.74, 6) is 0.580. The smallest absolute Gasteiger partial charge is 0.220 e. The van der Waals surface area contributed by atoms with Crippen LogP contribution in [0.2, 0.25) is 0 Å². The number of nitrogens with two attached hydrogens (primary N) is 1. The molecule has 3 atom stereocenters. The normalized spacial score (nSPS) is 28.7. The predicted molar refractivity (Wildman–Crippen MR) is 84.9 cm³/mol.